The van der Waals surface area contributed by atoms with Crippen LogP contribution in [0.2, 0.25) is 0 Å². The van der Waals surface area contributed by atoms with Gasteiger partial charge in [0, 0.05) is 41.5 Å². The minimum Gasteiger partial charge on any atom is -0.481 e. The zero-order valence-corrected chi connectivity index (χ0v) is 20.8. The van der Waals surface area contributed by atoms with Crippen LogP contribution in [-0.4, -0.2) is 56.7 Å². The zero-order valence-electron chi connectivity index (χ0n) is 20.8. The lowest BCUT2D eigenvalue weighted by atomic mass is 9.87. The van der Waals surface area contributed by atoms with E-state index in [4.69, 9.17) is 9.72 Å². The molecule has 9 heteroatoms. The number of ether oxygens (including phenoxy) is 1. The average Bonchev–Trinajstić information content (AvgIpc) is 2.87. The molecule has 0 radical (unpaired) electrons. The summed E-state index contributed by atoms with van der Waals surface area (Å²) in [6.45, 7) is 8.72. The number of pyridine rings is 2. The van der Waals surface area contributed by atoms with Crippen LogP contribution in [0.25, 0.3) is 11.1 Å². The summed E-state index contributed by atoms with van der Waals surface area (Å²) in [6, 6.07) is 5.58. The fourth-order valence-electron chi connectivity index (χ4n) is 4.62. The van der Waals surface area contributed by atoms with Crippen LogP contribution in [0.15, 0.2) is 36.8 Å². The Balaban J connectivity index is 1.53. The van der Waals surface area contributed by atoms with Crippen molar-refractivity contribution < 1.29 is 13.9 Å². The van der Waals surface area contributed by atoms with Gasteiger partial charge in [0.05, 0.1) is 37.2 Å². The molecule has 0 unspecified atom stereocenters. The maximum absolute atomic E-state index is 14.5. The molecule has 3 aromatic heterocycles. The Bertz CT molecular complexity index is 1220. The Morgan fingerprint density at radius 3 is 2.80 bits per heavy atom. The molecule has 1 amide bonds. The van der Waals surface area contributed by atoms with Crippen LogP contribution in [0.1, 0.15) is 49.9 Å². The molecule has 1 aliphatic rings. The fraction of sp³-hybridized carbons (Fsp3) is 0.423. The third-order valence-corrected chi connectivity index (χ3v) is 6.69. The van der Waals surface area contributed by atoms with E-state index in [0.29, 0.717) is 13.1 Å². The summed E-state index contributed by atoms with van der Waals surface area (Å²) < 4.78 is 19.6. The van der Waals surface area contributed by atoms with Gasteiger partial charge in [-0.15, -0.1) is 0 Å². The molecule has 0 saturated heterocycles. The Hall–Kier alpha value is -3.62. The van der Waals surface area contributed by atoms with Gasteiger partial charge in [0.2, 0.25) is 11.8 Å². The highest BCUT2D eigenvalue weighted by Gasteiger charge is 2.35. The molecule has 1 N–H and O–H groups in total. The van der Waals surface area contributed by atoms with E-state index in [-0.39, 0.29) is 22.9 Å². The second-order valence-corrected chi connectivity index (χ2v) is 9.27. The number of nitrogens with one attached hydrogen (secondary N) is 1. The van der Waals surface area contributed by atoms with Crippen molar-refractivity contribution in [1.29, 1.82) is 0 Å². The smallest absolute Gasteiger partial charge is 0.230 e. The number of likely N-dealkylation sites (N-methyl/N-ethyl adjacent to an activating group) is 1. The summed E-state index contributed by atoms with van der Waals surface area (Å²) in [4.78, 5) is 23.9. The minimum absolute atomic E-state index is 0.141. The summed E-state index contributed by atoms with van der Waals surface area (Å²) >= 11 is 0. The van der Waals surface area contributed by atoms with Gasteiger partial charge in [0.25, 0.3) is 0 Å². The van der Waals surface area contributed by atoms with Crippen LogP contribution < -0.4 is 10.1 Å². The number of anilines is 1. The molecule has 35 heavy (non-hydrogen) atoms. The van der Waals surface area contributed by atoms with Crippen molar-refractivity contribution in [3.8, 4) is 17.0 Å². The highest BCUT2D eigenvalue weighted by molar-refractivity contribution is 5.83. The molecule has 0 bridgehead atoms. The quantitative estimate of drug-likeness (QED) is 0.545. The number of halogens is 1. The summed E-state index contributed by atoms with van der Waals surface area (Å²) in [6.07, 6.45) is 6.17. The van der Waals surface area contributed by atoms with Crippen LogP contribution in [0, 0.1) is 12.7 Å². The largest absolute Gasteiger partial charge is 0.481 e. The summed E-state index contributed by atoms with van der Waals surface area (Å²) in [5.41, 5.74) is 3.96. The van der Waals surface area contributed by atoms with Crippen LogP contribution in [0.3, 0.4) is 0 Å². The van der Waals surface area contributed by atoms with Gasteiger partial charge in [-0.3, -0.25) is 4.79 Å². The Morgan fingerprint density at radius 2 is 2.11 bits per heavy atom. The number of aryl methyl sites for hydroxylation is 2. The molecule has 2 atom stereocenters. The first kappa shape index (κ1) is 24.5. The van der Waals surface area contributed by atoms with Crippen LogP contribution in [-0.2, 0) is 11.2 Å². The molecule has 0 spiro atoms. The van der Waals surface area contributed by atoms with E-state index in [0.717, 1.165) is 47.2 Å². The number of fused-ring (bicyclic) bond motifs is 1. The molecular formula is C26H31FN6O2. The SMILES string of the molecule is CCN(C[C@@]1(C)CCc2cc(-c3ccnnc3)c(C)nc2N1)C(=O)[C@H](C)c1cc(OC)ncc1F. The maximum Gasteiger partial charge on any atom is 0.230 e. The Labute approximate surface area is 205 Å². The minimum atomic E-state index is -0.664. The van der Waals surface area contributed by atoms with E-state index in [2.05, 4.69) is 33.5 Å². The second kappa shape index (κ2) is 9.93. The van der Waals surface area contributed by atoms with Crippen molar-refractivity contribution in [2.75, 3.05) is 25.5 Å². The van der Waals surface area contributed by atoms with Gasteiger partial charge >= 0.3 is 0 Å². The summed E-state index contributed by atoms with van der Waals surface area (Å²) in [5.74, 6) is -0.201. The third-order valence-electron chi connectivity index (χ3n) is 6.69. The first-order valence-electron chi connectivity index (χ1n) is 11.8. The van der Waals surface area contributed by atoms with E-state index < -0.39 is 11.7 Å². The molecule has 4 heterocycles. The highest BCUT2D eigenvalue weighted by atomic mass is 19.1. The van der Waals surface area contributed by atoms with Crippen molar-refractivity contribution in [3.05, 3.63) is 59.4 Å². The molecule has 0 aromatic carbocycles. The number of amides is 1. The topological polar surface area (TPSA) is 93.1 Å². The lowest BCUT2D eigenvalue weighted by Gasteiger charge is -2.40. The lowest BCUT2D eigenvalue weighted by molar-refractivity contribution is -0.133. The number of hydrogen-bond donors (Lipinski definition) is 1. The predicted molar refractivity (Wildman–Crippen MR) is 132 cm³/mol. The van der Waals surface area contributed by atoms with E-state index in [9.17, 15) is 9.18 Å². The van der Waals surface area contributed by atoms with Crippen LogP contribution >= 0.6 is 0 Å². The molecular weight excluding hydrogens is 447 g/mol. The van der Waals surface area contributed by atoms with Gasteiger partial charge in [-0.25, -0.2) is 14.4 Å². The van der Waals surface area contributed by atoms with E-state index in [1.54, 1.807) is 24.2 Å². The van der Waals surface area contributed by atoms with Crippen molar-refractivity contribution in [2.45, 2.75) is 52.0 Å². The fourth-order valence-corrected chi connectivity index (χ4v) is 4.62. The molecule has 0 saturated carbocycles. The first-order chi connectivity index (χ1) is 16.7. The normalized spacial score (nSPS) is 17.8. The van der Waals surface area contributed by atoms with Crippen molar-refractivity contribution in [3.63, 3.8) is 0 Å². The van der Waals surface area contributed by atoms with E-state index >= 15 is 0 Å². The summed E-state index contributed by atoms with van der Waals surface area (Å²) in [5, 5.41) is 11.4. The van der Waals surface area contributed by atoms with Gasteiger partial charge in [0.1, 0.15) is 11.6 Å². The molecule has 0 fully saturated rings. The zero-order chi connectivity index (χ0) is 25.2. The van der Waals surface area contributed by atoms with Gasteiger partial charge in [-0.05, 0) is 58.2 Å². The molecule has 0 aliphatic carbocycles. The lowest BCUT2D eigenvalue weighted by Crippen LogP contribution is -2.51. The van der Waals surface area contributed by atoms with Gasteiger partial charge in [-0.2, -0.15) is 10.2 Å². The van der Waals surface area contributed by atoms with Crippen molar-refractivity contribution >= 4 is 11.7 Å². The van der Waals surface area contributed by atoms with Gasteiger partial charge in [-0.1, -0.05) is 0 Å². The Morgan fingerprint density at radius 1 is 1.31 bits per heavy atom. The van der Waals surface area contributed by atoms with Crippen molar-refractivity contribution in [2.24, 2.45) is 0 Å². The predicted octanol–water partition coefficient (Wildman–Crippen LogP) is 4.16. The third kappa shape index (κ3) is 5.08. The average molecular weight is 479 g/mol. The number of rotatable bonds is 7. The maximum atomic E-state index is 14.5. The van der Waals surface area contributed by atoms with Crippen molar-refractivity contribution in [1.82, 2.24) is 25.1 Å². The van der Waals surface area contributed by atoms with Gasteiger partial charge in [0.15, 0.2) is 0 Å². The van der Waals surface area contributed by atoms with Crippen LogP contribution in [0.5, 0.6) is 5.88 Å². The number of hydrogen-bond acceptors (Lipinski definition) is 7. The molecule has 184 valence electrons. The number of nitrogens with zero attached hydrogens (tertiary/aromatic N) is 5. The van der Waals surface area contributed by atoms with Gasteiger partial charge < -0.3 is 15.0 Å². The number of methoxy groups -OCH3 is 1. The molecule has 3 aromatic rings. The van der Waals surface area contributed by atoms with E-state index in [1.165, 1.54) is 13.2 Å². The number of carbonyl (C=O) groups excluding carboxylic acids is 1. The Kier molecular flexibility index (Phi) is 6.95. The number of carbonyl (C=O) groups is 1. The molecule has 8 nitrogen and oxygen atoms in total. The molecule has 4 rings (SSSR count). The highest BCUT2D eigenvalue weighted by Crippen LogP contribution is 2.34. The standard InChI is InChI=1S/C26H31FN6O2/c1-6-33(25(34)16(2)20-12-23(35-5)28-14-22(20)27)15-26(4)9-7-18-11-21(17(3)31-24(18)32-26)19-8-10-29-30-13-19/h8,10-14,16H,6-7,9,15H2,1-5H3,(H,31,32)/t16-,26-/m1/s1. The summed E-state index contributed by atoms with van der Waals surface area (Å²) in [7, 11) is 1.47. The first-order valence-corrected chi connectivity index (χ1v) is 11.8. The molecule has 1 aliphatic heterocycles. The second-order valence-electron chi connectivity index (χ2n) is 9.27. The number of aromatic nitrogens is 4. The monoisotopic (exact) mass is 478 g/mol. The van der Waals surface area contributed by atoms with E-state index in [1.807, 2.05) is 19.9 Å². The van der Waals surface area contributed by atoms with Crippen LogP contribution in [0.4, 0.5) is 10.2 Å².